The molecule has 0 aliphatic carbocycles. The number of rotatable bonds is 7. The van der Waals surface area contributed by atoms with Crippen molar-refractivity contribution >= 4 is 29.9 Å². The minimum Gasteiger partial charge on any atom is -0.381 e. The van der Waals surface area contributed by atoms with Crippen molar-refractivity contribution in [2.24, 2.45) is 4.99 Å². The van der Waals surface area contributed by atoms with Crippen LogP contribution in [0.3, 0.4) is 0 Å². The Morgan fingerprint density at radius 1 is 1.13 bits per heavy atom. The molecule has 1 heterocycles. The van der Waals surface area contributed by atoms with Gasteiger partial charge in [0.2, 0.25) is 0 Å². The number of hydrogen-bond acceptors (Lipinski definition) is 3. The fourth-order valence-electron chi connectivity index (χ4n) is 3.36. The van der Waals surface area contributed by atoms with Crippen LogP contribution in [0.4, 0.5) is 4.39 Å². The van der Waals surface area contributed by atoms with E-state index in [9.17, 15) is 4.39 Å². The summed E-state index contributed by atoms with van der Waals surface area (Å²) < 4.78 is 24.7. The molecule has 0 bridgehead atoms. The van der Waals surface area contributed by atoms with E-state index in [1.165, 1.54) is 17.2 Å². The Morgan fingerprint density at radius 2 is 1.83 bits per heavy atom. The summed E-state index contributed by atoms with van der Waals surface area (Å²) in [7, 11) is 3.69. The quantitative estimate of drug-likeness (QED) is 0.331. The molecule has 0 atom stereocenters. The van der Waals surface area contributed by atoms with E-state index in [2.05, 4.69) is 34.6 Å². The second-order valence-corrected chi connectivity index (χ2v) is 7.33. The largest absolute Gasteiger partial charge is 0.381 e. The molecule has 1 saturated heterocycles. The van der Waals surface area contributed by atoms with E-state index in [0.717, 1.165) is 37.6 Å². The van der Waals surface area contributed by atoms with Gasteiger partial charge in [0.1, 0.15) is 5.82 Å². The minimum atomic E-state index is -0.222. The third-order valence-corrected chi connectivity index (χ3v) is 5.01. The van der Waals surface area contributed by atoms with Crippen LogP contribution in [-0.2, 0) is 29.2 Å². The highest BCUT2D eigenvalue weighted by Gasteiger charge is 2.14. The van der Waals surface area contributed by atoms with Gasteiger partial charge in [-0.05, 0) is 41.7 Å². The summed E-state index contributed by atoms with van der Waals surface area (Å²) in [6.45, 7) is 3.48. The molecular formula is C23H31FIN3O2. The number of nitrogens with zero attached hydrogens (tertiary/aromatic N) is 2. The highest BCUT2D eigenvalue weighted by atomic mass is 127. The van der Waals surface area contributed by atoms with Crippen LogP contribution in [0.5, 0.6) is 0 Å². The van der Waals surface area contributed by atoms with Crippen LogP contribution in [0.15, 0.2) is 53.5 Å². The van der Waals surface area contributed by atoms with Gasteiger partial charge in [0.15, 0.2) is 5.96 Å². The molecule has 1 fully saturated rings. The van der Waals surface area contributed by atoms with Crippen molar-refractivity contribution in [3.05, 3.63) is 71.0 Å². The molecule has 1 aliphatic rings. The molecule has 0 radical (unpaired) electrons. The maximum atomic E-state index is 13.4. The summed E-state index contributed by atoms with van der Waals surface area (Å²) in [5.74, 6) is 0.543. The standard InChI is InChI=1S/C23H30FN3O2.HI/c1-25-23(27(2)16-20-4-3-5-21(24)14-20)26-15-18-6-8-19(9-7-18)17-29-22-10-12-28-13-11-22;/h3-9,14,22H,10-13,15-17H2,1-2H3,(H,25,26);1H. The topological polar surface area (TPSA) is 46.1 Å². The zero-order valence-electron chi connectivity index (χ0n) is 17.6. The van der Waals surface area contributed by atoms with Gasteiger partial charge in [0, 0.05) is 40.4 Å². The number of guanidine groups is 1. The Morgan fingerprint density at radius 3 is 2.50 bits per heavy atom. The van der Waals surface area contributed by atoms with Crippen LogP contribution in [0.2, 0.25) is 0 Å². The van der Waals surface area contributed by atoms with E-state index in [4.69, 9.17) is 9.47 Å². The summed E-state index contributed by atoms with van der Waals surface area (Å²) in [5.41, 5.74) is 3.25. The van der Waals surface area contributed by atoms with Gasteiger partial charge in [0.25, 0.3) is 0 Å². The molecule has 1 aliphatic heterocycles. The van der Waals surface area contributed by atoms with E-state index in [0.29, 0.717) is 25.8 Å². The average Bonchev–Trinajstić information content (AvgIpc) is 2.74. The lowest BCUT2D eigenvalue weighted by Crippen LogP contribution is -2.38. The van der Waals surface area contributed by atoms with Crippen LogP contribution in [0, 0.1) is 5.82 Å². The van der Waals surface area contributed by atoms with Crippen LogP contribution in [0.1, 0.15) is 29.5 Å². The molecule has 0 saturated carbocycles. The molecule has 0 aromatic heterocycles. The minimum absolute atomic E-state index is 0. The molecule has 2 aromatic rings. The molecule has 1 N–H and O–H groups in total. The Hall–Kier alpha value is -1.71. The number of halogens is 2. The van der Waals surface area contributed by atoms with Crippen molar-refractivity contribution in [2.45, 2.75) is 38.6 Å². The third kappa shape index (κ3) is 7.85. The molecule has 3 rings (SSSR count). The number of nitrogens with one attached hydrogen (secondary N) is 1. The molecule has 0 amide bonds. The van der Waals surface area contributed by atoms with Gasteiger partial charge in [-0.25, -0.2) is 4.39 Å². The van der Waals surface area contributed by atoms with Crippen molar-refractivity contribution in [3.8, 4) is 0 Å². The zero-order valence-corrected chi connectivity index (χ0v) is 20.0. The molecular weight excluding hydrogens is 496 g/mol. The molecule has 0 spiro atoms. The van der Waals surface area contributed by atoms with Gasteiger partial charge < -0.3 is 19.7 Å². The zero-order chi connectivity index (χ0) is 20.5. The average molecular weight is 527 g/mol. The van der Waals surface area contributed by atoms with Gasteiger partial charge >= 0.3 is 0 Å². The summed E-state index contributed by atoms with van der Waals surface area (Å²) in [4.78, 5) is 6.30. The van der Waals surface area contributed by atoms with Crippen LogP contribution >= 0.6 is 24.0 Å². The number of benzene rings is 2. The summed E-state index contributed by atoms with van der Waals surface area (Å²) in [5, 5.41) is 3.36. The van der Waals surface area contributed by atoms with Crippen LogP contribution in [-0.4, -0.2) is 44.3 Å². The SMILES string of the molecule is CN=C(NCc1ccc(COC2CCOCC2)cc1)N(C)Cc1cccc(F)c1.I. The van der Waals surface area contributed by atoms with Crippen LogP contribution < -0.4 is 5.32 Å². The third-order valence-electron chi connectivity index (χ3n) is 5.01. The van der Waals surface area contributed by atoms with E-state index in [-0.39, 0.29) is 29.8 Å². The number of hydrogen-bond donors (Lipinski definition) is 1. The first-order chi connectivity index (χ1) is 14.1. The molecule has 30 heavy (non-hydrogen) atoms. The number of aliphatic imine (C=N–C) groups is 1. The first kappa shape index (κ1) is 24.6. The Labute approximate surface area is 195 Å². The van der Waals surface area contributed by atoms with Crippen molar-refractivity contribution in [1.29, 1.82) is 0 Å². The van der Waals surface area contributed by atoms with Gasteiger partial charge in [0.05, 0.1) is 12.7 Å². The van der Waals surface area contributed by atoms with Crippen molar-refractivity contribution in [1.82, 2.24) is 10.2 Å². The fraction of sp³-hybridized carbons (Fsp3) is 0.435. The lowest BCUT2D eigenvalue weighted by atomic mass is 10.1. The van der Waals surface area contributed by atoms with Crippen molar-refractivity contribution in [3.63, 3.8) is 0 Å². The maximum Gasteiger partial charge on any atom is 0.193 e. The summed E-state index contributed by atoms with van der Waals surface area (Å²) >= 11 is 0. The molecule has 164 valence electrons. The highest BCUT2D eigenvalue weighted by Crippen LogP contribution is 2.14. The summed E-state index contributed by atoms with van der Waals surface area (Å²) in [6.07, 6.45) is 2.26. The maximum absolute atomic E-state index is 13.4. The molecule has 5 nitrogen and oxygen atoms in total. The normalized spacial score (nSPS) is 14.8. The first-order valence-corrected chi connectivity index (χ1v) is 10.1. The van der Waals surface area contributed by atoms with Gasteiger partial charge in [-0.1, -0.05) is 36.4 Å². The Balaban J connectivity index is 0.00000320. The molecule has 2 aromatic carbocycles. The van der Waals surface area contributed by atoms with Gasteiger partial charge in [-0.2, -0.15) is 0 Å². The monoisotopic (exact) mass is 527 g/mol. The van der Waals surface area contributed by atoms with Gasteiger partial charge in [-0.3, -0.25) is 4.99 Å². The second-order valence-electron chi connectivity index (χ2n) is 7.33. The molecule has 0 unspecified atom stereocenters. The second kappa shape index (κ2) is 12.9. The predicted octanol–water partition coefficient (Wildman–Crippen LogP) is 4.35. The van der Waals surface area contributed by atoms with Crippen molar-refractivity contribution < 1.29 is 13.9 Å². The van der Waals surface area contributed by atoms with E-state index < -0.39 is 0 Å². The highest BCUT2D eigenvalue weighted by molar-refractivity contribution is 14.0. The Kier molecular flexibility index (Phi) is 10.5. The lowest BCUT2D eigenvalue weighted by Gasteiger charge is -2.23. The van der Waals surface area contributed by atoms with Crippen molar-refractivity contribution in [2.75, 3.05) is 27.3 Å². The fourth-order valence-corrected chi connectivity index (χ4v) is 3.36. The van der Waals surface area contributed by atoms with E-state index >= 15 is 0 Å². The van der Waals surface area contributed by atoms with E-state index in [1.807, 2.05) is 18.0 Å². The lowest BCUT2D eigenvalue weighted by molar-refractivity contribution is -0.0390. The first-order valence-electron chi connectivity index (χ1n) is 10.1. The molecule has 7 heteroatoms. The number of ether oxygens (including phenoxy) is 2. The van der Waals surface area contributed by atoms with Crippen LogP contribution in [0.25, 0.3) is 0 Å². The summed E-state index contributed by atoms with van der Waals surface area (Å²) in [6, 6.07) is 15.1. The predicted molar refractivity (Wildman–Crippen MR) is 129 cm³/mol. The van der Waals surface area contributed by atoms with Gasteiger partial charge in [-0.15, -0.1) is 24.0 Å². The smallest absolute Gasteiger partial charge is 0.193 e. The van der Waals surface area contributed by atoms with E-state index in [1.54, 1.807) is 19.2 Å². The Bertz CT molecular complexity index is 795.